The maximum atomic E-state index is 3.52. The predicted octanol–water partition coefficient (Wildman–Crippen LogP) is 17.5. The molecule has 0 radical (unpaired) electrons. The van der Waals surface area contributed by atoms with Gasteiger partial charge in [0.05, 0.1) is 0 Å². The van der Waals surface area contributed by atoms with Gasteiger partial charge in [0.2, 0.25) is 0 Å². The van der Waals surface area contributed by atoms with Gasteiger partial charge in [0, 0.05) is 44.5 Å². The summed E-state index contributed by atoms with van der Waals surface area (Å²) >= 11 is 0. The third-order valence-corrected chi connectivity index (χ3v) is 15.5. The highest BCUT2D eigenvalue weighted by Crippen LogP contribution is 2.37. The molecule has 0 N–H and O–H groups in total. The van der Waals surface area contributed by atoms with E-state index in [9.17, 15) is 0 Å². The lowest BCUT2D eigenvalue weighted by Crippen LogP contribution is -1.94. The quantitative estimate of drug-likeness (QED) is 0.115. The number of unbranched alkanes of at least 4 members (excludes halogenated alkanes) is 2. The van der Waals surface area contributed by atoms with E-state index in [1.165, 1.54) is 32.7 Å². The van der Waals surface area contributed by atoms with Crippen LogP contribution in [0.25, 0.3) is 86.2 Å². The molecular formula is C80H48. The first-order valence-corrected chi connectivity index (χ1v) is 27.5. The molecule has 12 aromatic rings. The van der Waals surface area contributed by atoms with Gasteiger partial charge >= 0.3 is 0 Å². The van der Waals surface area contributed by atoms with Crippen molar-refractivity contribution in [3.63, 3.8) is 0 Å². The van der Waals surface area contributed by atoms with Gasteiger partial charge in [-0.15, -0.1) is 0 Å². The molecule has 0 fully saturated rings. The van der Waals surface area contributed by atoms with Crippen molar-refractivity contribution in [1.82, 2.24) is 0 Å². The van der Waals surface area contributed by atoms with Crippen LogP contribution >= 0.6 is 0 Å². The normalized spacial score (nSPS) is 11.4. The minimum atomic E-state index is 0.924. The summed E-state index contributed by atoms with van der Waals surface area (Å²) in [5.41, 5.74) is 10.1. The molecule has 0 atom stereocenters. The summed E-state index contributed by atoms with van der Waals surface area (Å²) in [4.78, 5) is 0. The predicted molar refractivity (Wildman–Crippen MR) is 338 cm³/mol. The van der Waals surface area contributed by atoms with E-state index in [1.54, 1.807) is 0 Å². The van der Waals surface area contributed by atoms with E-state index >= 15 is 0 Å². The number of benzene rings is 12. The lowest BCUT2D eigenvalue weighted by molar-refractivity contribution is 0.802. The van der Waals surface area contributed by atoms with Crippen molar-refractivity contribution >= 4 is 86.2 Å². The van der Waals surface area contributed by atoms with Gasteiger partial charge < -0.3 is 0 Å². The van der Waals surface area contributed by atoms with Crippen molar-refractivity contribution in [3.05, 3.63) is 238 Å². The molecule has 12 bridgehead atoms. The Hall–Kier alpha value is -10.8. The summed E-state index contributed by atoms with van der Waals surface area (Å²) in [5, 5.41) is 17.6. The molecule has 0 nitrogen and oxygen atoms in total. The van der Waals surface area contributed by atoms with E-state index < -0.39 is 0 Å². The van der Waals surface area contributed by atoms with Gasteiger partial charge in [-0.25, -0.2) is 0 Å². The highest BCUT2D eigenvalue weighted by atomic mass is 14.2. The van der Waals surface area contributed by atoms with Gasteiger partial charge in [0.1, 0.15) is 0 Å². The minimum Gasteiger partial charge on any atom is -0.0654 e. The van der Waals surface area contributed by atoms with E-state index in [2.05, 4.69) is 291 Å². The van der Waals surface area contributed by atoms with Crippen LogP contribution in [0.5, 0.6) is 0 Å². The van der Waals surface area contributed by atoms with Gasteiger partial charge in [0.15, 0.2) is 0 Å². The zero-order chi connectivity index (χ0) is 53.8. The Morgan fingerprint density at radius 2 is 0.500 bits per heavy atom. The summed E-state index contributed by atoms with van der Waals surface area (Å²) in [6.07, 6.45) is 6.22. The van der Waals surface area contributed by atoms with E-state index in [4.69, 9.17) is 0 Å². The fourth-order valence-corrected chi connectivity index (χ4v) is 11.6. The SMILES string of the molecule is CCCCc1c2cccc3c2cc2c(cccc12)C#CC#Cc1c2ccccc2c(c2ccccc12)C#CC#Cc1cccc2c(CCCC)c4cccc(c4cc12)C#CC#Cc1cccc2cc4c(cccc4cc12)C#CC#C3. The lowest BCUT2D eigenvalue weighted by Gasteiger charge is -2.13. The Morgan fingerprint density at radius 3 is 0.800 bits per heavy atom. The van der Waals surface area contributed by atoms with Crippen molar-refractivity contribution in [2.24, 2.45) is 0 Å². The second kappa shape index (κ2) is 21.7. The third kappa shape index (κ3) is 9.17. The largest absolute Gasteiger partial charge is 0.0654 e. The molecule has 0 aliphatic heterocycles. The van der Waals surface area contributed by atoms with Gasteiger partial charge in [-0.05, 0) is 231 Å². The van der Waals surface area contributed by atoms with Crippen LogP contribution in [0.1, 0.15) is 95.2 Å². The number of rotatable bonds is 6. The van der Waals surface area contributed by atoms with Gasteiger partial charge in [-0.1, -0.05) is 195 Å². The molecule has 368 valence electrons. The van der Waals surface area contributed by atoms with Gasteiger partial charge in [0.25, 0.3) is 0 Å². The third-order valence-electron chi connectivity index (χ3n) is 15.5. The fraction of sp³-hybridized carbons (Fsp3) is 0.100. The van der Waals surface area contributed by atoms with Crippen LogP contribution < -0.4 is 0 Å². The highest BCUT2D eigenvalue weighted by molar-refractivity contribution is 6.11. The molecule has 0 heteroatoms. The monoisotopic (exact) mass is 1010 g/mol. The summed E-state index contributed by atoms with van der Waals surface area (Å²) in [7, 11) is 0. The van der Waals surface area contributed by atoms with Gasteiger partial charge in [-0.3, -0.25) is 0 Å². The zero-order valence-corrected chi connectivity index (χ0v) is 44.6. The smallest absolute Gasteiger partial charge is 0.0413 e. The Labute approximate surface area is 468 Å². The maximum Gasteiger partial charge on any atom is 0.0413 e. The van der Waals surface area contributed by atoms with Crippen molar-refractivity contribution in [1.29, 1.82) is 0 Å². The summed E-state index contributed by atoms with van der Waals surface area (Å²) in [6.45, 7) is 4.49. The van der Waals surface area contributed by atoms with Crippen molar-refractivity contribution in [2.75, 3.05) is 0 Å². The first-order chi connectivity index (χ1) is 39.6. The van der Waals surface area contributed by atoms with Crippen LogP contribution in [0.2, 0.25) is 0 Å². The summed E-state index contributed by atoms with van der Waals surface area (Å²) < 4.78 is 0. The number of hydrogen-bond donors (Lipinski definition) is 0. The molecule has 12 aromatic carbocycles. The van der Waals surface area contributed by atoms with Crippen molar-refractivity contribution < 1.29 is 0 Å². The maximum absolute atomic E-state index is 3.52. The Balaban J connectivity index is 1.02. The average Bonchev–Trinajstić information content (AvgIpc) is 3.53. The van der Waals surface area contributed by atoms with Crippen LogP contribution in [0.15, 0.2) is 182 Å². The Morgan fingerprint density at radius 1 is 0.237 bits per heavy atom. The van der Waals surface area contributed by atoms with Crippen LogP contribution in [0.4, 0.5) is 0 Å². The minimum absolute atomic E-state index is 0.924. The molecule has 4 aliphatic rings. The second-order valence-corrected chi connectivity index (χ2v) is 20.3. The van der Waals surface area contributed by atoms with Crippen molar-refractivity contribution in [2.45, 2.75) is 52.4 Å². The number of aryl methyl sites for hydroxylation is 2. The first kappa shape index (κ1) is 48.8. The van der Waals surface area contributed by atoms with E-state index in [-0.39, 0.29) is 0 Å². The van der Waals surface area contributed by atoms with Gasteiger partial charge in [-0.2, -0.15) is 0 Å². The van der Waals surface area contributed by atoms with Crippen molar-refractivity contribution in [3.8, 4) is 94.7 Å². The standard InChI is InChI=1S/C80H48/c1-3-5-39-63-71-47-21-33-57-27-9-7-25-55-31-19-37-61-52-76-56(32-20-38-62(76)51-75(55)61)26-8-10-28-58-34-22-48-72-64(40-6-4-2)74-50-24-36-60(80(74)54-78(58)72)30-12-14-42-66-69-45-17-15-43-67(69)65(68-44-16-18-46-70(66)68)41-13-11-29-59-35-23-49-73(63)79(59)53-77(57)71/h15-24,31-38,43-54H,3-6,39-40H2,1-2H3. The molecule has 0 saturated carbocycles. The van der Waals surface area contributed by atoms with Crippen LogP contribution in [-0.2, 0) is 12.8 Å². The average molecular weight is 1010 g/mol. The lowest BCUT2D eigenvalue weighted by atomic mass is 9.90. The first-order valence-electron chi connectivity index (χ1n) is 27.5. The molecule has 0 spiro atoms. The molecule has 0 heterocycles. The Kier molecular flexibility index (Phi) is 13.2. The molecule has 0 amide bonds. The topological polar surface area (TPSA) is 0 Å². The number of hydrogen-bond acceptors (Lipinski definition) is 0. The fourth-order valence-electron chi connectivity index (χ4n) is 11.6. The highest BCUT2D eigenvalue weighted by Gasteiger charge is 2.15. The Bertz CT molecular complexity index is 4810. The molecule has 0 unspecified atom stereocenters. The second-order valence-electron chi connectivity index (χ2n) is 20.3. The van der Waals surface area contributed by atoms with Crippen LogP contribution in [0.3, 0.4) is 0 Å². The van der Waals surface area contributed by atoms with Crippen LogP contribution in [0, 0.1) is 94.7 Å². The summed E-state index contributed by atoms with van der Waals surface area (Å²) in [6, 6.07) is 64.1. The molecule has 0 saturated heterocycles. The molecule has 16 rings (SSSR count). The van der Waals surface area contributed by atoms with E-state index in [1.807, 2.05) is 0 Å². The molecule has 80 heavy (non-hydrogen) atoms. The molecule has 0 aromatic heterocycles. The summed E-state index contributed by atoms with van der Waals surface area (Å²) in [5.74, 6) is 53.9. The molecular weight excluding hydrogens is 961 g/mol. The van der Waals surface area contributed by atoms with E-state index in [0.717, 1.165) is 148 Å². The van der Waals surface area contributed by atoms with E-state index in [0.29, 0.717) is 0 Å². The van der Waals surface area contributed by atoms with Crippen LogP contribution in [-0.4, -0.2) is 0 Å². The molecule has 4 aliphatic carbocycles. The zero-order valence-electron chi connectivity index (χ0n) is 44.6.